The summed E-state index contributed by atoms with van der Waals surface area (Å²) in [5, 5.41) is 0.962. The summed E-state index contributed by atoms with van der Waals surface area (Å²) in [5.41, 5.74) is 13.9. The number of rotatable bonds is 6. The van der Waals surface area contributed by atoms with Gasteiger partial charge in [0, 0.05) is 37.6 Å². The summed E-state index contributed by atoms with van der Waals surface area (Å²) in [4.78, 5) is 14.5. The summed E-state index contributed by atoms with van der Waals surface area (Å²) < 4.78 is 18.5. The molecule has 0 N–H and O–H groups in total. The fourth-order valence-electron chi connectivity index (χ4n) is 7.53. The van der Waals surface area contributed by atoms with Gasteiger partial charge in [-0.1, -0.05) is 74.9 Å². The number of aromatic nitrogens is 4. The molecule has 1 radical (unpaired) electrons. The first-order valence-electron chi connectivity index (χ1n) is 20.4. The zero-order chi connectivity index (χ0) is 41.7. The van der Waals surface area contributed by atoms with Crippen molar-refractivity contribution in [3.63, 3.8) is 0 Å². The average Bonchev–Trinajstić information content (AvgIpc) is 3.78. The monoisotopic (exact) mass is 1010 g/mol. The van der Waals surface area contributed by atoms with E-state index in [1.165, 1.54) is 9.96 Å². The van der Waals surface area contributed by atoms with Crippen molar-refractivity contribution in [2.75, 3.05) is 0 Å². The van der Waals surface area contributed by atoms with Gasteiger partial charge in [-0.05, 0) is 64.7 Å². The van der Waals surface area contributed by atoms with Gasteiger partial charge in [0.05, 0.1) is 28.0 Å². The van der Waals surface area contributed by atoms with Gasteiger partial charge in [0.2, 0.25) is 0 Å². The molecule has 0 aliphatic heterocycles. The average molecular weight is 1010 g/mol. The fourth-order valence-corrected chi connectivity index (χ4v) is 10.8. The van der Waals surface area contributed by atoms with E-state index in [0.717, 1.165) is 83.7 Å². The van der Waals surface area contributed by atoms with Crippen molar-refractivity contribution in [1.82, 2.24) is 19.5 Å². The van der Waals surface area contributed by atoms with E-state index >= 15 is 0 Å². The molecule has 0 saturated heterocycles. The molecule has 9 aromatic rings. The number of para-hydroxylation sites is 2. The van der Waals surface area contributed by atoms with Gasteiger partial charge >= 0.3 is 120 Å². The number of pyridine rings is 2. The van der Waals surface area contributed by atoms with Crippen LogP contribution >= 0.6 is 0 Å². The Labute approximate surface area is 366 Å². The van der Waals surface area contributed by atoms with Crippen LogP contribution in [0.4, 0.5) is 0 Å². The number of nitrogens with zero attached hydrogens (tertiary/aromatic N) is 4. The number of benzene rings is 5. The van der Waals surface area contributed by atoms with Crippen LogP contribution in [0.25, 0.3) is 72.6 Å². The molecule has 0 aliphatic carbocycles. The summed E-state index contributed by atoms with van der Waals surface area (Å²) >= 11 is -2.03. The summed E-state index contributed by atoms with van der Waals surface area (Å²) in [5.74, 6) is 7.24. The van der Waals surface area contributed by atoms with Gasteiger partial charge in [0.25, 0.3) is 0 Å². The smallest absolute Gasteiger partial charge is 0 e. The van der Waals surface area contributed by atoms with Crippen LogP contribution in [0, 0.1) is 19.1 Å². The first-order valence-corrected chi connectivity index (χ1v) is 27.3. The second kappa shape index (κ2) is 16.8. The normalized spacial score (nSPS) is 12.3. The molecule has 0 amide bonds. The van der Waals surface area contributed by atoms with E-state index in [9.17, 15) is 0 Å². The first-order chi connectivity index (χ1) is 28.1. The molecule has 9 rings (SSSR count). The molecule has 7 heteroatoms. The maximum Gasteiger partial charge on any atom is 0 e. The van der Waals surface area contributed by atoms with E-state index < -0.39 is 19.2 Å². The molecule has 5 aromatic carbocycles. The third-order valence-corrected chi connectivity index (χ3v) is 14.8. The Morgan fingerprint density at radius 1 is 0.797 bits per heavy atom. The van der Waals surface area contributed by atoms with E-state index in [1.807, 2.05) is 81.7 Å². The Hall–Kier alpha value is -5.14. The Balaban J connectivity index is 0.000000220. The zero-order valence-electron chi connectivity index (χ0n) is 36.2. The molecule has 0 spiro atoms. The maximum absolute atomic E-state index is 8.44. The Morgan fingerprint density at radius 2 is 1.54 bits per heavy atom. The molecule has 0 unspecified atom stereocenters. The molecule has 0 saturated carbocycles. The van der Waals surface area contributed by atoms with Crippen LogP contribution in [-0.4, -0.2) is 32.8 Å². The van der Waals surface area contributed by atoms with Crippen molar-refractivity contribution in [1.29, 1.82) is 0 Å². The van der Waals surface area contributed by atoms with E-state index in [1.54, 1.807) is 0 Å². The Bertz CT molecular complexity index is 2960. The van der Waals surface area contributed by atoms with Crippen LogP contribution in [0.5, 0.6) is 0 Å². The van der Waals surface area contributed by atoms with Gasteiger partial charge in [0.1, 0.15) is 5.58 Å². The van der Waals surface area contributed by atoms with E-state index in [-0.39, 0.29) is 25.5 Å². The molecule has 59 heavy (non-hydrogen) atoms. The van der Waals surface area contributed by atoms with Gasteiger partial charge in [-0.25, -0.2) is 0 Å². The third-order valence-electron chi connectivity index (χ3n) is 10.6. The van der Waals surface area contributed by atoms with Crippen LogP contribution in [0.15, 0.2) is 138 Å². The molecule has 4 aromatic heterocycles. The van der Waals surface area contributed by atoms with Crippen LogP contribution in [0.1, 0.15) is 58.6 Å². The predicted molar refractivity (Wildman–Crippen MR) is 245 cm³/mol. The van der Waals surface area contributed by atoms with Crippen molar-refractivity contribution in [3.8, 4) is 39.5 Å². The quantitative estimate of drug-likeness (QED) is 0.123. The van der Waals surface area contributed by atoms with Crippen LogP contribution in [-0.2, 0) is 25.5 Å². The summed E-state index contributed by atoms with van der Waals surface area (Å²) in [6, 6.07) is 48.3. The largest absolute Gasteiger partial charge is 0 e. The molecule has 4 heterocycles. The standard InChI is InChI=1S/C35H28N3O.C17H22GeN.Ir/c1-22-19-31-32(36-21-22)25-13-10-14-26(33(25)39-31)34-37-28-15-8-9-16-30(28)38(34)29-18-17-24(35(2,3)4)20-27(29)23-11-6-5-7-12-23;1-13(2)15-11-17(14-9-7-6-8-10-14)19-12-16(15)18(3,4)5;/h5-13,15-21H,1-4H3;6-9,11-13H,1-5H3;/q2*-1;/i;13D;. The Morgan fingerprint density at radius 3 is 2.25 bits per heavy atom. The van der Waals surface area contributed by atoms with Gasteiger partial charge in [0.15, 0.2) is 0 Å². The van der Waals surface area contributed by atoms with Gasteiger partial charge in [-0.3, -0.25) is 9.97 Å². The summed E-state index contributed by atoms with van der Waals surface area (Å²) in [7, 11) is 0. The van der Waals surface area contributed by atoms with E-state index in [0.29, 0.717) is 0 Å². The van der Waals surface area contributed by atoms with Crippen molar-refractivity contribution < 1.29 is 25.9 Å². The van der Waals surface area contributed by atoms with Crippen molar-refractivity contribution >= 4 is 50.8 Å². The van der Waals surface area contributed by atoms with Gasteiger partial charge < -0.3 is 8.98 Å². The summed E-state index contributed by atoms with van der Waals surface area (Å²) in [6.45, 7) is 12.7. The molecule has 0 aliphatic rings. The Kier molecular flexibility index (Phi) is 11.6. The molecular formula is C52H50GeIrN4O-2. The van der Waals surface area contributed by atoms with Crippen LogP contribution in [0.2, 0.25) is 17.3 Å². The number of hydrogen-bond donors (Lipinski definition) is 0. The molecule has 0 atom stereocenters. The topological polar surface area (TPSA) is 56.7 Å². The number of aryl methyl sites for hydroxylation is 1. The number of imidazole rings is 1. The van der Waals surface area contributed by atoms with Gasteiger partial charge in [-0.15, -0.1) is 18.2 Å². The minimum atomic E-state index is -2.03. The van der Waals surface area contributed by atoms with Crippen molar-refractivity contribution in [2.24, 2.45) is 0 Å². The zero-order valence-corrected chi connectivity index (χ0v) is 39.7. The molecule has 0 fully saturated rings. The number of furan rings is 1. The van der Waals surface area contributed by atoms with Gasteiger partial charge in [-0.2, -0.15) is 0 Å². The maximum atomic E-state index is 8.44. The second-order valence-corrected chi connectivity index (χ2v) is 27.9. The third kappa shape index (κ3) is 8.50. The van der Waals surface area contributed by atoms with Crippen molar-refractivity contribution in [3.05, 3.63) is 163 Å². The molecule has 0 bridgehead atoms. The van der Waals surface area contributed by atoms with Crippen LogP contribution in [0.3, 0.4) is 0 Å². The molecule has 299 valence electrons. The van der Waals surface area contributed by atoms with Crippen molar-refractivity contribution in [2.45, 2.75) is 70.1 Å². The first kappa shape index (κ1) is 40.6. The second-order valence-electron chi connectivity index (χ2n) is 17.3. The number of fused-ring (bicyclic) bond motifs is 4. The van der Waals surface area contributed by atoms with Crippen LogP contribution < -0.4 is 4.40 Å². The fraction of sp³-hybridized carbons (Fsp3) is 0.212. The molecule has 5 nitrogen and oxygen atoms in total. The van der Waals surface area contributed by atoms with E-state index in [4.69, 9.17) is 10.8 Å². The summed E-state index contributed by atoms with van der Waals surface area (Å²) in [6.07, 6.45) is 3.88. The van der Waals surface area contributed by atoms with E-state index in [2.05, 4.69) is 138 Å². The minimum Gasteiger partial charge on any atom is 0 e. The minimum absolute atomic E-state index is 0. The molecular weight excluding hydrogens is 961 g/mol. The predicted octanol–water partition coefficient (Wildman–Crippen LogP) is 13.3. The number of hydrogen-bond acceptors (Lipinski definition) is 4. The SMILES string of the molecule is Cc1cnc2c(c1)oc1c(-c3nc4ccccc4n3-c3ccc(C(C)(C)C)cc3-c3ccccc3)[c-]ccc12.[2H]C(C)(C)c1cc(-c2[c-]cccc2)nc[c]1[Ge]([CH3])([CH3])[CH3].[Ir].